The van der Waals surface area contributed by atoms with Gasteiger partial charge in [-0.05, 0) is 79.0 Å². The van der Waals surface area contributed by atoms with E-state index >= 15 is 0 Å². The molecule has 0 saturated heterocycles. The van der Waals surface area contributed by atoms with Gasteiger partial charge in [-0.15, -0.1) is 0 Å². The lowest BCUT2D eigenvalue weighted by molar-refractivity contribution is 0.321. The summed E-state index contributed by atoms with van der Waals surface area (Å²) in [5.74, 6) is 4.04. The lowest BCUT2D eigenvalue weighted by Crippen LogP contribution is -2.30. The first kappa shape index (κ1) is 8.38. The molecule has 3 aliphatic carbocycles. The molecule has 78 valence electrons. The topological polar surface area (TPSA) is 0 Å². The molecule has 0 aliphatic heterocycles. The molecule has 1 aromatic rings. The quantitative estimate of drug-likeness (QED) is 0.593. The average Bonchev–Trinajstić information content (AvgIpc) is 2.73. The van der Waals surface area contributed by atoms with Crippen molar-refractivity contribution in [2.24, 2.45) is 11.8 Å². The fourth-order valence-electron chi connectivity index (χ4n) is 4.65. The van der Waals surface area contributed by atoms with Gasteiger partial charge in [0.15, 0.2) is 0 Å². The van der Waals surface area contributed by atoms with Crippen molar-refractivity contribution >= 4 is 0 Å². The van der Waals surface area contributed by atoms with E-state index in [0.29, 0.717) is 0 Å². The molecular formula is C15H18. The molecule has 0 amide bonds. The highest BCUT2D eigenvalue weighted by molar-refractivity contribution is 5.55. The Morgan fingerprint density at radius 3 is 2.53 bits per heavy atom. The van der Waals surface area contributed by atoms with Crippen LogP contribution in [-0.2, 0) is 0 Å². The maximum absolute atomic E-state index is 2.42. The summed E-state index contributed by atoms with van der Waals surface area (Å²) in [6.07, 6.45) is 4.55. The molecular weight excluding hydrogens is 180 g/mol. The number of fused-ring (bicyclic) bond motifs is 8. The van der Waals surface area contributed by atoms with Gasteiger partial charge in [0.25, 0.3) is 0 Å². The maximum atomic E-state index is 2.42. The highest BCUT2D eigenvalue weighted by atomic mass is 14.6. The van der Waals surface area contributed by atoms with Crippen LogP contribution in [0.3, 0.4) is 0 Å². The molecule has 0 nitrogen and oxygen atoms in total. The van der Waals surface area contributed by atoms with Crippen LogP contribution in [0.5, 0.6) is 0 Å². The fourth-order valence-corrected chi connectivity index (χ4v) is 4.65. The van der Waals surface area contributed by atoms with Crippen molar-refractivity contribution in [1.82, 2.24) is 0 Å². The van der Waals surface area contributed by atoms with E-state index in [0.717, 1.165) is 23.7 Å². The second kappa shape index (κ2) is 2.48. The van der Waals surface area contributed by atoms with Gasteiger partial charge in [0.1, 0.15) is 0 Å². The largest absolute Gasteiger partial charge is 0.0588 e. The third-order valence-electron chi connectivity index (χ3n) is 5.43. The molecule has 3 aliphatic rings. The Labute approximate surface area is 91.7 Å². The van der Waals surface area contributed by atoms with Gasteiger partial charge >= 0.3 is 0 Å². The molecule has 0 unspecified atom stereocenters. The van der Waals surface area contributed by atoms with Gasteiger partial charge in [-0.1, -0.05) is 12.1 Å². The molecule has 4 atom stereocenters. The van der Waals surface area contributed by atoms with E-state index in [1.54, 1.807) is 16.7 Å². The lowest BCUT2D eigenvalue weighted by Gasteiger charge is -2.44. The first-order valence-electron chi connectivity index (χ1n) is 6.37. The van der Waals surface area contributed by atoms with E-state index in [4.69, 9.17) is 0 Å². The van der Waals surface area contributed by atoms with Crippen LogP contribution < -0.4 is 0 Å². The van der Waals surface area contributed by atoms with E-state index in [-0.39, 0.29) is 0 Å². The van der Waals surface area contributed by atoms with Crippen LogP contribution in [0.4, 0.5) is 0 Å². The summed E-state index contributed by atoms with van der Waals surface area (Å²) in [7, 11) is 0. The second-order valence-electron chi connectivity index (χ2n) is 5.90. The van der Waals surface area contributed by atoms with Crippen LogP contribution in [0.25, 0.3) is 0 Å². The number of rotatable bonds is 0. The molecule has 2 saturated carbocycles. The fraction of sp³-hybridized carbons (Fsp3) is 0.600. The monoisotopic (exact) mass is 198 g/mol. The van der Waals surface area contributed by atoms with Crippen molar-refractivity contribution in [3.8, 4) is 0 Å². The van der Waals surface area contributed by atoms with Crippen molar-refractivity contribution in [2.45, 2.75) is 44.9 Å². The Balaban J connectivity index is 1.91. The van der Waals surface area contributed by atoms with E-state index < -0.39 is 0 Å². The number of aryl methyl sites for hydroxylation is 1. The molecule has 0 N–H and O–H groups in total. The van der Waals surface area contributed by atoms with Crippen LogP contribution in [0.1, 0.15) is 53.4 Å². The summed E-state index contributed by atoms with van der Waals surface area (Å²) in [6.45, 7) is 4.59. The summed E-state index contributed by atoms with van der Waals surface area (Å²) in [4.78, 5) is 0. The summed E-state index contributed by atoms with van der Waals surface area (Å²) in [6, 6.07) is 4.75. The average molecular weight is 198 g/mol. The molecule has 0 heteroatoms. The maximum Gasteiger partial charge on any atom is -0.00563 e. The molecule has 15 heavy (non-hydrogen) atoms. The Morgan fingerprint density at radius 1 is 1.00 bits per heavy atom. The van der Waals surface area contributed by atoms with Crippen molar-refractivity contribution in [1.29, 1.82) is 0 Å². The van der Waals surface area contributed by atoms with Gasteiger partial charge in [0.2, 0.25) is 0 Å². The molecule has 0 spiro atoms. The van der Waals surface area contributed by atoms with E-state index in [1.807, 2.05) is 0 Å². The zero-order valence-corrected chi connectivity index (χ0v) is 9.59. The van der Waals surface area contributed by atoms with Crippen LogP contribution >= 0.6 is 0 Å². The summed E-state index contributed by atoms with van der Waals surface area (Å²) in [5.41, 5.74) is 6.57. The third-order valence-corrected chi connectivity index (χ3v) is 5.43. The summed E-state index contributed by atoms with van der Waals surface area (Å²) in [5, 5.41) is 0. The minimum absolute atomic E-state index is 0.970. The summed E-state index contributed by atoms with van der Waals surface area (Å²) >= 11 is 0. The van der Waals surface area contributed by atoms with Crippen LogP contribution in [-0.4, -0.2) is 0 Å². The van der Waals surface area contributed by atoms with Crippen molar-refractivity contribution in [3.63, 3.8) is 0 Å². The molecule has 2 fully saturated rings. The molecule has 4 rings (SSSR count). The van der Waals surface area contributed by atoms with E-state index in [9.17, 15) is 0 Å². The molecule has 0 heterocycles. The number of hydrogen-bond acceptors (Lipinski definition) is 0. The normalized spacial score (nSPS) is 39.9. The lowest BCUT2D eigenvalue weighted by atomic mass is 9.60. The predicted octanol–water partition coefficient (Wildman–Crippen LogP) is 3.91. The first-order valence-corrected chi connectivity index (χ1v) is 6.37. The Morgan fingerprint density at radius 2 is 1.73 bits per heavy atom. The van der Waals surface area contributed by atoms with Crippen LogP contribution in [0.15, 0.2) is 12.1 Å². The smallest absolute Gasteiger partial charge is 0.00563 e. The Hall–Kier alpha value is -0.780. The Kier molecular flexibility index (Phi) is 1.39. The van der Waals surface area contributed by atoms with Crippen LogP contribution in [0, 0.1) is 25.7 Å². The van der Waals surface area contributed by atoms with Crippen molar-refractivity contribution < 1.29 is 0 Å². The van der Waals surface area contributed by atoms with Gasteiger partial charge in [0, 0.05) is 0 Å². The van der Waals surface area contributed by atoms with Crippen molar-refractivity contribution in [3.05, 3.63) is 34.4 Å². The highest BCUT2D eigenvalue weighted by Crippen LogP contribution is 2.68. The van der Waals surface area contributed by atoms with E-state index in [1.165, 1.54) is 24.8 Å². The van der Waals surface area contributed by atoms with Crippen molar-refractivity contribution in [2.75, 3.05) is 0 Å². The highest BCUT2D eigenvalue weighted by Gasteiger charge is 2.55. The molecule has 1 aromatic carbocycles. The van der Waals surface area contributed by atoms with Gasteiger partial charge in [-0.3, -0.25) is 0 Å². The zero-order valence-electron chi connectivity index (χ0n) is 9.59. The molecule has 2 bridgehead atoms. The standard InChI is InChI=1S/C15H18/c1-8-3-6-12-13(9(8)2)15-11-5-4-10(7-11)14(12)15/h3,6,10-11,14-15H,4-5,7H2,1-2H3/t10-,11+,14-,15+/m1/s1. The minimum Gasteiger partial charge on any atom is -0.0588 e. The van der Waals surface area contributed by atoms with Gasteiger partial charge in [0.05, 0.1) is 0 Å². The summed E-state index contributed by atoms with van der Waals surface area (Å²) < 4.78 is 0. The third kappa shape index (κ3) is 0.814. The number of hydrogen-bond donors (Lipinski definition) is 0. The van der Waals surface area contributed by atoms with Gasteiger partial charge in [-0.2, -0.15) is 0 Å². The number of benzene rings is 1. The van der Waals surface area contributed by atoms with Gasteiger partial charge in [-0.25, -0.2) is 0 Å². The Bertz CT molecular complexity index is 444. The minimum atomic E-state index is 0.970. The van der Waals surface area contributed by atoms with Crippen LogP contribution in [0.2, 0.25) is 0 Å². The second-order valence-corrected chi connectivity index (χ2v) is 5.90. The molecule has 0 aromatic heterocycles. The zero-order chi connectivity index (χ0) is 10.2. The SMILES string of the molecule is Cc1ccc2c(c1C)[C@@H]1[C@H]3CC[C@H](C3)[C@H]21. The van der Waals surface area contributed by atoms with E-state index in [2.05, 4.69) is 26.0 Å². The predicted molar refractivity (Wildman–Crippen MR) is 62.2 cm³/mol. The molecule has 0 radical (unpaired) electrons. The van der Waals surface area contributed by atoms with Gasteiger partial charge < -0.3 is 0 Å². The first-order chi connectivity index (χ1) is 7.27.